The van der Waals surface area contributed by atoms with Gasteiger partial charge in [0.05, 0.1) is 11.1 Å². The first-order valence-corrected chi connectivity index (χ1v) is 6.90. The van der Waals surface area contributed by atoms with Crippen LogP contribution in [0.4, 0.5) is 23.2 Å². The van der Waals surface area contributed by atoms with Crippen molar-refractivity contribution in [3.63, 3.8) is 0 Å². The minimum Gasteiger partial charge on any atom is -0.426 e. The number of halogens is 4. The smallest absolute Gasteiger partial charge is 0.426 e. The van der Waals surface area contributed by atoms with E-state index in [1.165, 1.54) is 0 Å². The van der Waals surface area contributed by atoms with Gasteiger partial charge in [0.2, 0.25) is 5.91 Å². The zero-order valence-corrected chi connectivity index (χ0v) is 12.3. The lowest BCUT2D eigenvalue weighted by atomic mass is 10.1. The number of anilines is 1. The van der Waals surface area contributed by atoms with Crippen LogP contribution in [0.3, 0.4) is 0 Å². The summed E-state index contributed by atoms with van der Waals surface area (Å²) in [5, 5.41) is 2.49. The molecule has 0 bridgehead atoms. The van der Waals surface area contributed by atoms with Crippen LogP contribution in [-0.4, -0.2) is 30.9 Å². The molecule has 0 radical (unpaired) electrons. The first kappa shape index (κ1) is 17.8. The van der Waals surface area contributed by atoms with Gasteiger partial charge in [0, 0.05) is 12.1 Å². The van der Waals surface area contributed by atoms with E-state index in [2.05, 4.69) is 10.1 Å². The summed E-state index contributed by atoms with van der Waals surface area (Å²) in [7, 11) is 0. The molecule has 0 aliphatic heterocycles. The van der Waals surface area contributed by atoms with Crippen LogP contribution in [0.2, 0.25) is 0 Å². The number of carbonyl (C=O) groups excluding carboxylic acids is 2. The fraction of sp³-hybridized carbons (Fsp3) is 0.429. The number of rotatable bonds is 7. The predicted molar refractivity (Wildman–Crippen MR) is 75.6 cm³/mol. The third-order valence-electron chi connectivity index (χ3n) is 3.74. The van der Waals surface area contributed by atoms with Gasteiger partial charge in [0.1, 0.15) is 5.75 Å². The zero-order chi connectivity index (χ0) is 18.1. The molecule has 0 spiro atoms. The quantitative estimate of drug-likeness (QED) is 0.512. The van der Waals surface area contributed by atoms with Crippen molar-refractivity contribution in [3.8, 4) is 5.75 Å². The number of alkyl halides is 4. The Morgan fingerprint density at radius 3 is 2.42 bits per heavy atom. The minimum atomic E-state index is -4.70. The van der Waals surface area contributed by atoms with Crippen LogP contribution in [-0.2, 0) is 4.79 Å². The summed E-state index contributed by atoms with van der Waals surface area (Å²) in [6.07, 6.45) is -7.58. The molecule has 10 heteroatoms. The maximum Gasteiger partial charge on any atom is 0.461 e. The molecule has 132 valence electrons. The Morgan fingerprint density at radius 2 is 1.96 bits per heavy atom. The van der Waals surface area contributed by atoms with Crippen LogP contribution >= 0.6 is 0 Å². The highest BCUT2D eigenvalue weighted by Crippen LogP contribution is 2.44. The Kier molecular flexibility index (Phi) is 4.59. The Morgan fingerprint density at radius 1 is 1.33 bits per heavy atom. The summed E-state index contributed by atoms with van der Waals surface area (Å²) in [5.41, 5.74) is 9.53. The Balaban J connectivity index is 2.03. The lowest BCUT2D eigenvalue weighted by Gasteiger charge is -2.18. The number of amides is 2. The van der Waals surface area contributed by atoms with Gasteiger partial charge >= 0.3 is 12.5 Å². The van der Waals surface area contributed by atoms with Gasteiger partial charge in [-0.15, -0.1) is 0 Å². The Bertz CT molecular complexity index is 663. The van der Waals surface area contributed by atoms with Crippen LogP contribution in [0.1, 0.15) is 23.2 Å². The van der Waals surface area contributed by atoms with Gasteiger partial charge in [-0.05, 0) is 31.0 Å². The summed E-state index contributed by atoms with van der Waals surface area (Å²) in [5.74, 6) is -1.80. The molecular formula is C14H15F4N3O3. The van der Waals surface area contributed by atoms with Gasteiger partial charge in [-0.25, -0.2) is 0 Å². The van der Waals surface area contributed by atoms with Crippen LogP contribution in [0.25, 0.3) is 0 Å². The number of nitrogens with two attached hydrogens (primary N) is 2. The highest BCUT2D eigenvalue weighted by Gasteiger charge is 2.48. The van der Waals surface area contributed by atoms with Crippen LogP contribution in [0.15, 0.2) is 18.2 Å². The second-order valence-electron chi connectivity index (χ2n) is 5.54. The predicted octanol–water partition coefficient (Wildman–Crippen LogP) is 1.50. The molecule has 24 heavy (non-hydrogen) atoms. The van der Waals surface area contributed by atoms with E-state index in [0.717, 1.165) is 18.2 Å². The van der Waals surface area contributed by atoms with Crippen molar-refractivity contribution >= 4 is 17.5 Å². The fourth-order valence-electron chi connectivity index (χ4n) is 1.99. The van der Waals surface area contributed by atoms with Gasteiger partial charge in [-0.2, -0.15) is 17.6 Å². The number of primary amides is 1. The van der Waals surface area contributed by atoms with E-state index >= 15 is 0 Å². The molecule has 0 aromatic heterocycles. The zero-order valence-electron chi connectivity index (χ0n) is 12.3. The van der Waals surface area contributed by atoms with Gasteiger partial charge < -0.3 is 21.5 Å². The van der Waals surface area contributed by atoms with E-state index in [4.69, 9.17) is 11.5 Å². The van der Waals surface area contributed by atoms with E-state index in [1.54, 1.807) is 0 Å². The van der Waals surface area contributed by atoms with Crippen molar-refractivity contribution in [2.45, 2.75) is 25.4 Å². The number of benzene rings is 1. The third kappa shape index (κ3) is 3.69. The maximum absolute atomic E-state index is 12.9. The van der Waals surface area contributed by atoms with E-state index in [1.807, 2.05) is 0 Å². The second kappa shape index (κ2) is 6.17. The molecule has 0 heterocycles. The van der Waals surface area contributed by atoms with Gasteiger partial charge in [0.25, 0.3) is 5.91 Å². The van der Waals surface area contributed by atoms with Crippen molar-refractivity contribution < 1.29 is 31.9 Å². The molecule has 2 amide bonds. The average molecular weight is 349 g/mol. The number of ether oxygens (including phenoxy) is 1. The Labute approximate surface area is 134 Å². The largest absolute Gasteiger partial charge is 0.461 e. The van der Waals surface area contributed by atoms with E-state index in [-0.39, 0.29) is 12.1 Å². The van der Waals surface area contributed by atoms with Crippen molar-refractivity contribution in [2.24, 2.45) is 11.1 Å². The number of carbonyl (C=O) groups is 2. The lowest BCUT2D eigenvalue weighted by Crippen LogP contribution is -2.37. The minimum absolute atomic E-state index is 0.000448. The molecule has 0 atom stereocenters. The average Bonchev–Trinajstić information content (AvgIpc) is 3.28. The lowest BCUT2D eigenvalue weighted by molar-refractivity contribution is -0.252. The summed E-state index contributed by atoms with van der Waals surface area (Å²) in [6, 6.07) is 2.99. The number of hydrogen-bond donors (Lipinski definition) is 3. The molecule has 5 N–H and O–H groups in total. The molecule has 1 aliphatic rings. The summed E-state index contributed by atoms with van der Waals surface area (Å²) in [6.45, 7) is 0.0444. The molecular weight excluding hydrogens is 334 g/mol. The van der Waals surface area contributed by atoms with Crippen molar-refractivity contribution in [1.82, 2.24) is 5.32 Å². The highest BCUT2D eigenvalue weighted by atomic mass is 19.3. The molecule has 0 saturated heterocycles. The van der Waals surface area contributed by atoms with Crippen molar-refractivity contribution in [2.75, 3.05) is 12.3 Å². The normalized spacial score (nSPS) is 15.9. The standard InChI is InChI=1S/C14H15F4N3O3/c15-11(16)14(17,18)24-9-2-1-7(5-8(9)19)10(22)21-6-13(3-4-13)12(20)23/h1-2,5,11H,3-4,6,19H2,(H2,20,23)(H,21,22). The van der Waals surface area contributed by atoms with Crippen molar-refractivity contribution in [3.05, 3.63) is 23.8 Å². The highest BCUT2D eigenvalue weighted by molar-refractivity contribution is 5.96. The first-order chi connectivity index (χ1) is 11.1. The van der Waals surface area contributed by atoms with E-state index in [0.29, 0.717) is 12.8 Å². The van der Waals surface area contributed by atoms with Gasteiger partial charge in [-0.1, -0.05) is 0 Å². The summed E-state index contributed by atoms with van der Waals surface area (Å²) >= 11 is 0. The summed E-state index contributed by atoms with van der Waals surface area (Å²) in [4.78, 5) is 23.2. The molecule has 1 fully saturated rings. The molecule has 2 rings (SSSR count). The number of nitrogen functional groups attached to an aromatic ring is 1. The summed E-state index contributed by atoms with van der Waals surface area (Å²) < 4.78 is 53.8. The first-order valence-electron chi connectivity index (χ1n) is 6.90. The SMILES string of the molecule is NC(=O)C1(CNC(=O)c2ccc(OC(F)(F)C(F)F)c(N)c2)CC1. The number of nitrogens with one attached hydrogen (secondary N) is 1. The fourth-order valence-corrected chi connectivity index (χ4v) is 1.99. The second-order valence-corrected chi connectivity index (χ2v) is 5.54. The van der Waals surface area contributed by atoms with Crippen LogP contribution < -0.4 is 21.5 Å². The monoisotopic (exact) mass is 349 g/mol. The van der Waals surface area contributed by atoms with Crippen LogP contribution in [0, 0.1) is 5.41 Å². The topological polar surface area (TPSA) is 107 Å². The van der Waals surface area contributed by atoms with Gasteiger partial charge in [-0.3, -0.25) is 9.59 Å². The Hall–Kier alpha value is -2.52. The van der Waals surface area contributed by atoms with Crippen LogP contribution in [0.5, 0.6) is 5.75 Å². The molecule has 0 unspecified atom stereocenters. The third-order valence-corrected chi connectivity index (χ3v) is 3.74. The molecule has 1 saturated carbocycles. The maximum atomic E-state index is 12.9. The molecule has 6 nitrogen and oxygen atoms in total. The number of hydrogen-bond acceptors (Lipinski definition) is 4. The van der Waals surface area contributed by atoms with Gasteiger partial charge in [0.15, 0.2) is 0 Å². The van der Waals surface area contributed by atoms with E-state index < -0.39 is 41.2 Å². The molecule has 1 aliphatic carbocycles. The molecule has 1 aromatic carbocycles. The van der Waals surface area contributed by atoms with E-state index in [9.17, 15) is 27.2 Å². The van der Waals surface area contributed by atoms with Crippen molar-refractivity contribution in [1.29, 1.82) is 0 Å². The molecule has 1 aromatic rings.